The Kier molecular flexibility index (Phi) is 16.8. The van der Waals surface area contributed by atoms with Gasteiger partial charge in [-0.1, -0.05) is 147 Å². The molecule has 0 heterocycles. The molecule has 0 bridgehead atoms. The first kappa shape index (κ1) is 35.5. The summed E-state index contributed by atoms with van der Waals surface area (Å²) in [6.45, 7) is 6.01. The Morgan fingerprint density at radius 2 is 0.854 bits per heavy atom. The second-order valence-corrected chi connectivity index (χ2v) is 16.3. The molecule has 0 aliphatic heterocycles. The number of benzene rings is 5. The summed E-state index contributed by atoms with van der Waals surface area (Å²) in [7, 11) is -0.696. The van der Waals surface area contributed by atoms with Crippen molar-refractivity contribution >= 4 is 61.3 Å². The van der Waals surface area contributed by atoms with E-state index in [9.17, 15) is 0 Å². The molecule has 0 fully saturated rings. The van der Waals surface area contributed by atoms with Gasteiger partial charge >= 0.3 is 20.4 Å². The summed E-state index contributed by atoms with van der Waals surface area (Å²) in [6, 6.07) is 54.2. The second-order valence-electron chi connectivity index (χ2n) is 9.98. The topological polar surface area (TPSA) is 0 Å². The van der Waals surface area contributed by atoms with Crippen molar-refractivity contribution < 1.29 is 20.4 Å². The van der Waals surface area contributed by atoms with E-state index >= 15 is 0 Å². The van der Waals surface area contributed by atoms with Crippen molar-refractivity contribution in [1.29, 1.82) is 0 Å². The molecule has 0 nitrogen and oxygen atoms in total. The summed E-state index contributed by atoms with van der Waals surface area (Å²) < 4.78 is 0.0833. The van der Waals surface area contributed by atoms with Crippen molar-refractivity contribution in [3.8, 4) is 0 Å². The molecule has 5 heteroatoms. The summed E-state index contributed by atoms with van der Waals surface area (Å²) in [6.07, 6.45) is 2.41. The molecule has 0 amide bonds. The average Bonchev–Trinajstić information content (AvgIpc) is 2.97. The van der Waals surface area contributed by atoms with Crippen LogP contribution in [0.1, 0.15) is 20.8 Å². The Hall–Kier alpha value is -1.74. The number of halogens is 1. The Labute approximate surface area is 274 Å². The van der Waals surface area contributed by atoms with Crippen molar-refractivity contribution in [2.24, 2.45) is 0 Å². The van der Waals surface area contributed by atoms with Crippen LogP contribution in [0, 0.1) is 6.07 Å². The van der Waals surface area contributed by atoms with E-state index in [-0.39, 0.29) is 41.0 Å². The average molecular weight is 706 g/mol. The summed E-state index contributed by atoms with van der Waals surface area (Å²) in [5.74, 6) is 0. The number of hydrogen-bond acceptors (Lipinski definition) is 1. The maximum Gasteiger partial charge on any atom is 2.00 e. The zero-order valence-corrected chi connectivity index (χ0v) is 28.7. The molecule has 0 atom stereocenters. The van der Waals surface area contributed by atoms with Gasteiger partial charge in [-0.2, -0.15) is 46.7 Å². The fraction of sp³-hybridized carbons (Fsp3) is 0.167. The molecule has 0 aliphatic rings. The normalized spacial score (nSPS) is 10.5. The minimum atomic E-state index is -0.348. The van der Waals surface area contributed by atoms with Crippen LogP contribution in [0.2, 0.25) is 5.02 Å². The molecule has 0 aromatic heterocycles. The molecule has 0 saturated heterocycles. The van der Waals surface area contributed by atoms with Gasteiger partial charge in [-0.25, -0.2) is 0 Å². The molecule has 41 heavy (non-hydrogen) atoms. The minimum absolute atomic E-state index is 0. The third kappa shape index (κ3) is 14.3. The van der Waals surface area contributed by atoms with Crippen molar-refractivity contribution in [3.63, 3.8) is 0 Å². The summed E-state index contributed by atoms with van der Waals surface area (Å²) in [5.41, 5.74) is 0. The van der Waals surface area contributed by atoms with E-state index in [0.717, 1.165) is 5.02 Å². The molecular weight excluding hydrogens is 668 g/mol. The van der Waals surface area contributed by atoms with Crippen LogP contribution in [0.4, 0.5) is 0 Å². The first-order valence-electron chi connectivity index (χ1n) is 13.4. The van der Waals surface area contributed by atoms with Crippen LogP contribution in [0.3, 0.4) is 0 Å². The Bertz CT molecular complexity index is 1170. The van der Waals surface area contributed by atoms with Crippen LogP contribution in [0.15, 0.2) is 146 Å². The third-order valence-electron chi connectivity index (χ3n) is 5.49. The van der Waals surface area contributed by atoms with E-state index in [1.165, 1.54) is 33.5 Å². The van der Waals surface area contributed by atoms with Crippen molar-refractivity contribution in [2.45, 2.75) is 25.5 Å². The van der Waals surface area contributed by atoms with Crippen LogP contribution < -0.4 is 21.2 Å². The van der Waals surface area contributed by atoms with Gasteiger partial charge in [-0.05, 0) is 49.4 Å². The van der Waals surface area contributed by atoms with Gasteiger partial charge in [0.2, 0.25) is 0 Å². The number of hydrogen-bond donors (Lipinski definition) is 0. The van der Waals surface area contributed by atoms with Gasteiger partial charge in [0.05, 0.1) is 0 Å². The van der Waals surface area contributed by atoms with E-state index in [0.29, 0.717) is 0 Å². The fourth-order valence-corrected chi connectivity index (χ4v) is 9.31. The van der Waals surface area contributed by atoms with E-state index in [1.54, 1.807) is 6.07 Å². The SMILES string of the molecule is CC(C)(C)[S-].Clc1c[c-]ccc1.[Pd+2].c1ccc(P(CCP(c2ccccc2)c2ccccc2)c2ccccc2)cc1. The van der Waals surface area contributed by atoms with Crippen molar-refractivity contribution in [2.75, 3.05) is 12.3 Å². The first-order valence-corrected chi connectivity index (χ1v) is 17.2. The molecular formula is C36H37ClP2PdS. The van der Waals surface area contributed by atoms with Gasteiger partial charge in [0.1, 0.15) is 0 Å². The van der Waals surface area contributed by atoms with Gasteiger partial charge in [-0.3, -0.25) is 0 Å². The van der Waals surface area contributed by atoms with Crippen molar-refractivity contribution in [1.82, 2.24) is 0 Å². The third-order valence-corrected chi connectivity index (χ3v) is 11.1. The quantitative estimate of drug-likeness (QED) is 0.0707. The fourth-order valence-electron chi connectivity index (χ4n) is 3.82. The summed E-state index contributed by atoms with van der Waals surface area (Å²) in [4.78, 5) is 0. The van der Waals surface area contributed by atoms with Crippen LogP contribution in [0.25, 0.3) is 0 Å². The number of rotatable bonds is 7. The van der Waals surface area contributed by atoms with Crippen LogP contribution in [0.5, 0.6) is 0 Å². The van der Waals surface area contributed by atoms with E-state index in [1.807, 2.05) is 39.0 Å². The summed E-state index contributed by atoms with van der Waals surface area (Å²) in [5, 5.41) is 6.63. The predicted molar refractivity (Wildman–Crippen MR) is 185 cm³/mol. The molecule has 0 unspecified atom stereocenters. The second kappa shape index (κ2) is 19.5. The van der Waals surface area contributed by atoms with Gasteiger partial charge in [0, 0.05) is 0 Å². The Morgan fingerprint density at radius 1 is 0.561 bits per heavy atom. The van der Waals surface area contributed by atoms with E-state index < -0.39 is 0 Å². The van der Waals surface area contributed by atoms with E-state index in [2.05, 4.69) is 127 Å². The smallest absolute Gasteiger partial charge is 0.787 e. The maximum atomic E-state index is 5.51. The monoisotopic (exact) mass is 704 g/mol. The van der Waals surface area contributed by atoms with Gasteiger partial charge in [0.15, 0.2) is 0 Å². The van der Waals surface area contributed by atoms with Crippen LogP contribution >= 0.6 is 27.4 Å². The van der Waals surface area contributed by atoms with Crippen molar-refractivity contribution in [3.05, 3.63) is 157 Å². The van der Waals surface area contributed by atoms with Gasteiger partial charge in [-0.15, -0.1) is 0 Å². The van der Waals surface area contributed by atoms with Crippen LogP contribution in [-0.4, -0.2) is 17.1 Å². The predicted octanol–water partition coefficient (Wildman–Crippen LogP) is 8.72. The molecule has 0 saturated carbocycles. The molecule has 0 N–H and O–H groups in total. The molecule has 214 valence electrons. The first-order chi connectivity index (χ1) is 19.3. The largest absolute Gasteiger partial charge is 2.00 e. The minimum Gasteiger partial charge on any atom is -0.787 e. The van der Waals surface area contributed by atoms with Gasteiger partial charge < -0.3 is 12.6 Å². The van der Waals surface area contributed by atoms with Crippen LogP contribution in [-0.2, 0) is 33.1 Å². The zero-order valence-electron chi connectivity index (χ0n) is 23.8. The molecule has 5 rings (SSSR count). The summed E-state index contributed by atoms with van der Waals surface area (Å²) >= 11 is 10.3. The maximum absolute atomic E-state index is 5.51. The molecule has 0 spiro atoms. The Morgan fingerprint density at radius 3 is 1.05 bits per heavy atom. The van der Waals surface area contributed by atoms with E-state index in [4.69, 9.17) is 24.2 Å². The molecule has 0 radical (unpaired) electrons. The molecule has 5 aromatic carbocycles. The molecule has 5 aromatic rings. The Balaban J connectivity index is 0.000000378. The van der Waals surface area contributed by atoms with Gasteiger partial charge in [0.25, 0.3) is 0 Å². The standard InChI is InChI=1S/C26H24P2.C6H4Cl.C4H10S.Pd/c1-5-13-23(14-6-1)27(24-15-7-2-8-16-24)21-22-28(25-17-9-3-10-18-25)26-19-11-4-12-20-26;7-6-4-2-1-3-5-6;1-4(2,3)5;/h1-20H,21-22H2;1-2,4-5H;5H,1-3H3;/q;-1;;+2/p-1. The molecule has 0 aliphatic carbocycles. The zero-order chi connectivity index (χ0) is 28.6.